The fourth-order valence-electron chi connectivity index (χ4n) is 3.05. The van der Waals surface area contributed by atoms with Gasteiger partial charge in [0, 0.05) is 23.2 Å². The van der Waals surface area contributed by atoms with Crippen LogP contribution >= 0.6 is 11.3 Å². The Balaban J connectivity index is 1.50. The quantitative estimate of drug-likeness (QED) is 0.769. The number of carbonyl (C=O) groups is 3. The van der Waals surface area contributed by atoms with Gasteiger partial charge in [-0.2, -0.15) is 0 Å². The molecule has 3 rings (SSSR count). The van der Waals surface area contributed by atoms with Gasteiger partial charge in [-0.1, -0.05) is 6.92 Å². The molecule has 27 heavy (non-hydrogen) atoms. The van der Waals surface area contributed by atoms with E-state index in [0.29, 0.717) is 22.2 Å². The number of fused-ring (bicyclic) bond motifs is 1. The monoisotopic (exact) mass is 386 g/mol. The molecule has 7 heteroatoms. The van der Waals surface area contributed by atoms with Crippen LogP contribution in [0.4, 0.5) is 11.4 Å². The Hall–Kier alpha value is -2.67. The lowest BCUT2D eigenvalue weighted by molar-refractivity contribution is -0.119. The summed E-state index contributed by atoms with van der Waals surface area (Å²) in [5.74, 6) is -0.397. The highest BCUT2D eigenvalue weighted by molar-refractivity contribution is 7.14. The van der Waals surface area contributed by atoms with Gasteiger partial charge in [-0.3, -0.25) is 9.59 Å². The summed E-state index contributed by atoms with van der Waals surface area (Å²) in [7, 11) is 0. The molecule has 0 spiro atoms. The van der Waals surface area contributed by atoms with Crippen LogP contribution in [0.1, 0.15) is 40.4 Å². The van der Waals surface area contributed by atoms with Gasteiger partial charge in [0.25, 0.3) is 5.91 Å². The lowest BCUT2D eigenvalue weighted by atomic mass is 9.90. The number of benzene rings is 1. The molecule has 142 valence electrons. The summed E-state index contributed by atoms with van der Waals surface area (Å²) in [4.78, 5) is 37.0. The molecule has 1 aromatic heterocycles. The minimum Gasteiger partial charge on any atom is -0.451 e. The van der Waals surface area contributed by atoms with E-state index in [9.17, 15) is 14.4 Å². The zero-order valence-electron chi connectivity index (χ0n) is 15.3. The number of aryl methyl sites for hydroxylation is 1. The molecule has 0 radical (unpaired) electrons. The van der Waals surface area contributed by atoms with Crippen LogP contribution in [0.15, 0.2) is 30.3 Å². The second kappa shape index (κ2) is 8.35. The van der Waals surface area contributed by atoms with Gasteiger partial charge < -0.3 is 15.4 Å². The van der Waals surface area contributed by atoms with Crippen molar-refractivity contribution in [2.75, 3.05) is 17.2 Å². The molecule has 2 amide bonds. The first-order valence-corrected chi connectivity index (χ1v) is 9.68. The fourth-order valence-corrected chi connectivity index (χ4v) is 4.15. The van der Waals surface area contributed by atoms with Crippen molar-refractivity contribution in [3.63, 3.8) is 0 Å². The second-order valence-electron chi connectivity index (χ2n) is 6.79. The van der Waals surface area contributed by atoms with Gasteiger partial charge in [-0.15, -0.1) is 11.3 Å². The molecule has 0 saturated heterocycles. The first-order chi connectivity index (χ1) is 12.9. The number of ether oxygens (including phenoxy) is 1. The number of esters is 1. The molecular formula is C20H22N2O4S. The highest BCUT2D eigenvalue weighted by Gasteiger charge is 2.21. The molecule has 0 saturated carbocycles. The van der Waals surface area contributed by atoms with Gasteiger partial charge in [-0.05, 0) is 61.1 Å². The van der Waals surface area contributed by atoms with Crippen molar-refractivity contribution in [3.8, 4) is 0 Å². The first-order valence-electron chi connectivity index (χ1n) is 8.87. The molecule has 1 aliphatic rings. The van der Waals surface area contributed by atoms with Crippen molar-refractivity contribution < 1.29 is 19.1 Å². The van der Waals surface area contributed by atoms with Gasteiger partial charge >= 0.3 is 5.97 Å². The third-order valence-electron chi connectivity index (χ3n) is 4.35. The number of hydrogen-bond donors (Lipinski definition) is 2. The number of carbonyl (C=O) groups excluding carboxylic acids is 3. The largest absolute Gasteiger partial charge is 0.451 e. The minimum atomic E-state index is -0.460. The zero-order chi connectivity index (χ0) is 19.4. The van der Waals surface area contributed by atoms with Crippen molar-refractivity contribution >= 4 is 40.5 Å². The molecular weight excluding hydrogens is 364 g/mol. The van der Waals surface area contributed by atoms with E-state index in [0.717, 1.165) is 19.3 Å². The fraction of sp³-hybridized carbons (Fsp3) is 0.350. The number of rotatable bonds is 5. The predicted molar refractivity (Wildman–Crippen MR) is 105 cm³/mol. The van der Waals surface area contributed by atoms with Gasteiger partial charge in [0.1, 0.15) is 4.88 Å². The van der Waals surface area contributed by atoms with E-state index in [1.54, 1.807) is 24.3 Å². The summed E-state index contributed by atoms with van der Waals surface area (Å²) in [5, 5.41) is 5.31. The first kappa shape index (κ1) is 19.1. The molecule has 0 fully saturated rings. The summed E-state index contributed by atoms with van der Waals surface area (Å²) >= 11 is 1.47. The molecule has 1 aromatic carbocycles. The Morgan fingerprint density at radius 1 is 1.15 bits per heavy atom. The average molecular weight is 386 g/mol. The molecule has 1 heterocycles. The van der Waals surface area contributed by atoms with Crippen LogP contribution in [0, 0.1) is 5.92 Å². The summed E-state index contributed by atoms with van der Waals surface area (Å²) in [6.07, 6.45) is 3.14. The van der Waals surface area contributed by atoms with Gasteiger partial charge in [-0.25, -0.2) is 4.79 Å². The number of thiophene rings is 1. The van der Waals surface area contributed by atoms with Crippen molar-refractivity contribution in [2.24, 2.45) is 5.92 Å². The molecule has 0 aliphatic heterocycles. The normalized spacial score (nSPS) is 15.6. The van der Waals surface area contributed by atoms with E-state index in [4.69, 9.17) is 4.74 Å². The second-order valence-corrected chi connectivity index (χ2v) is 7.93. The highest BCUT2D eigenvalue weighted by atomic mass is 32.1. The van der Waals surface area contributed by atoms with Crippen LogP contribution in [0.25, 0.3) is 0 Å². The third kappa shape index (κ3) is 5.17. The molecule has 2 N–H and O–H groups in total. The molecule has 0 bridgehead atoms. The maximum absolute atomic E-state index is 12.2. The maximum Gasteiger partial charge on any atom is 0.348 e. The van der Waals surface area contributed by atoms with E-state index in [1.807, 2.05) is 6.07 Å². The Kier molecular flexibility index (Phi) is 5.91. The molecule has 1 unspecified atom stereocenters. The number of anilines is 2. The lowest BCUT2D eigenvalue weighted by Crippen LogP contribution is -2.20. The van der Waals surface area contributed by atoms with Crippen LogP contribution in [0.5, 0.6) is 0 Å². The van der Waals surface area contributed by atoms with Gasteiger partial charge in [0.15, 0.2) is 6.61 Å². The van der Waals surface area contributed by atoms with Crippen LogP contribution in [-0.4, -0.2) is 24.4 Å². The highest BCUT2D eigenvalue weighted by Crippen LogP contribution is 2.32. The molecule has 2 aromatic rings. The van der Waals surface area contributed by atoms with Crippen molar-refractivity contribution in [1.82, 2.24) is 0 Å². The smallest absolute Gasteiger partial charge is 0.348 e. The Labute approximate surface area is 161 Å². The molecule has 1 atom stereocenters. The lowest BCUT2D eigenvalue weighted by Gasteiger charge is -2.16. The van der Waals surface area contributed by atoms with Crippen LogP contribution in [0.2, 0.25) is 0 Å². The zero-order valence-corrected chi connectivity index (χ0v) is 16.2. The van der Waals surface area contributed by atoms with Crippen LogP contribution in [-0.2, 0) is 27.2 Å². The van der Waals surface area contributed by atoms with Gasteiger partial charge in [0.2, 0.25) is 5.91 Å². The number of amides is 2. The summed E-state index contributed by atoms with van der Waals surface area (Å²) < 4.78 is 5.15. The van der Waals surface area contributed by atoms with E-state index < -0.39 is 11.9 Å². The summed E-state index contributed by atoms with van der Waals surface area (Å²) in [6.45, 7) is 3.30. The van der Waals surface area contributed by atoms with Crippen molar-refractivity contribution in [3.05, 3.63) is 45.6 Å². The Morgan fingerprint density at radius 3 is 2.48 bits per heavy atom. The van der Waals surface area contributed by atoms with Crippen molar-refractivity contribution in [1.29, 1.82) is 0 Å². The molecule has 1 aliphatic carbocycles. The number of hydrogen-bond acceptors (Lipinski definition) is 5. The van der Waals surface area contributed by atoms with Gasteiger partial charge in [0.05, 0.1) is 0 Å². The van der Waals surface area contributed by atoms with E-state index >= 15 is 0 Å². The van der Waals surface area contributed by atoms with E-state index in [2.05, 4.69) is 17.6 Å². The minimum absolute atomic E-state index is 0.164. The Morgan fingerprint density at radius 2 is 1.81 bits per heavy atom. The van der Waals surface area contributed by atoms with Crippen LogP contribution in [0.3, 0.4) is 0 Å². The summed E-state index contributed by atoms with van der Waals surface area (Å²) in [5.41, 5.74) is 2.43. The summed E-state index contributed by atoms with van der Waals surface area (Å²) in [6, 6.07) is 8.59. The predicted octanol–water partition coefficient (Wildman–Crippen LogP) is 3.63. The van der Waals surface area contributed by atoms with E-state index in [1.165, 1.54) is 28.7 Å². The van der Waals surface area contributed by atoms with Crippen molar-refractivity contribution in [2.45, 2.75) is 33.1 Å². The number of nitrogens with one attached hydrogen (secondary N) is 2. The van der Waals surface area contributed by atoms with Crippen LogP contribution < -0.4 is 10.6 Å². The average Bonchev–Trinajstić information content (AvgIpc) is 3.04. The van der Waals surface area contributed by atoms with E-state index in [-0.39, 0.29) is 12.5 Å². The topological polar surface area (TPSA) is 84.5 Å². The maximum atomic E-state index is 12.2. The standard InChI is InChI=1S/C20H22N2O4S/c1-12-3-8-17-14(9-12)10-18(27-17)20(25)26-11-19(24)22-16-6-4-15(5-7-16)21-13(2)23/h4-7,10,12H,3,8-9,11H2,1-2H3,(H,21,23)(H,22,24). The Bertz CT molecular complexity index is 857. The third-order valence-corrected chi connectivity index (χ3v) is 5.57. The SMILES string of the molecule is CC(=O)Nc1ccc(NC(=O)COC(=O)c2cc3c(s2)CCC(C)C3)cc1. The molecule has 6 nitrogen and oxygen atoms in total.